The number of carbonyl (C=O) groups is 1. The number of unbranched alkanes of at least 4 members (excludes halogenated alkanes) is 1. The van der Waals surface area contributed by atoms with Gasteiger partial charge in [-0.05, 0) is 25.0 Å². The van der Waals surface area contributed by atoms with Crippen molar-refractivity contribution in [1.29, 1.82) is 0 Å². The maximum absolute atomic E-state index is 10.4. The van der Waals surface area contributed by atoms with Crippen molar-refractivity contribution < 1.29 is 9.90 Å². The Bertz CT molecular complexity index is 278. The zero-order chi connectivity index (χ0) is 9.68. The molecule has 0 unspecified atom stereocenters. The molecule has 0 fully saturated rings. The van der Waals surface area contributed by atoms with E-state index in [0.717, 1.165) is 11.3 Å². The van der Waals surface area contributed by atoms with Gasteiger partial charge in [-0.1, -0.05) is 13.3 Å². The molecule has 1 rings (SSSR count). The van der Waals surface area contributed by atoms with Crippen LogP contribution in [0.4, 0.5) is 0 Å². The van der Waals surface area contributed by atoms with Crippen molar-refractivity contribution in [1.82, 2.24) is 0 Å². The smallest absolute Gasteiger partial charge is 0.308 e. The van der Waals surface area contributed by atoms with Gasteiger partial charge >= 0.3 is 5.97 Å². The van der Waals surface area contributed by atoms with Crippen molar-refractivity contribution in [2.24, 2.45) is 0 Å². The van der Waals surface area contributed by atoms with E-state index in [2.05, 4.69) is 6.92 Å². The average molecular weight is 198 g/mol. The van der Waals surface area contributed by atoms with E-state index in [9.17, 15) is 4.79 Å². The minimum absolute atomic E-state index is 0.163. The SMILES string of the molecule is CCCCc1ccc(CC(=O)O)s1. The van der Waals surface area contributed by atoms with Crippen LogP contribution in [-0.4, -0.2) is 11.1 Å². The van der Waals surface area contributed by atoms with Crippen LogP contribution in [0.15, 0.2) is 12.1 Å². The third-order valence-corrected chi connectivity index (χ3v) is 2.96. The van der Waals surface area contributed by atoms with Crippen LogP contribution in [0.2, 0.25) is 0 Å². The second kappa shape index (κ2) is 5.02. The van der Waals surface area contributed by atoms with E-state index in [4.69, 9.17) is 5.11 Å². The molecule has 1 N–H and O–H groups in total. The van der Waals surface area contributed by atoms with Crippen molar-refractivity contribution in [3.63, 3.8) is 0 Å². The Hall–Kier alpha value is -0.830. The molecule has 0 aliphatic carbocycles. The van der Waals surface area contributed by atoms with Crippen molar-refractivity contribution in [2.75, 3.05) is 0 Å². The lowest BCUT2D eigenvalue weighted by Gasteiger charge is -1.92. The quantitative estimate of drug-likeness (QED) is 0.789. The molecular weight excluding hydrogens is 184 g/mol. The molecule has 72 valence electrons. The molecule has 1 aromatic rings. The first-order chi connectivity index (χ1) is 6.22. The Morgan fingerprint density at radius 3 is 2.77 bits per heavy atom. The standard InChI is InChI=1S/C10H14O2S/c1-2-3-4-8-5-6-9(13-8)7-10(11)12/h5-6H,2-4,7H2,1H3,(H,11,12). The number of hydrogen-bond donors (Lipinski definition) is 1. The van der Waals surface area contributed by atoms with Gasteiger partial charge in [0, 0.05) is 9.75 Å². The van der Waals surface area contributed by atoms with Gasteiger partial charge in [-0.25, -0.2) is 0 Å². The number of hydrogen-bond acceptors (Lipinski definition) is 2. The van der Waals surface area contributed by atoms with Crippen LogP contribution in [-0.2, 0) is 17.6 Å². The van der Waals surface area contributed by atoms with Gasteiger partial charge in [0.05, 0.1) is 6.42 Å². The highest BCUT2D eigenvalue weighted by molar-refractivity contribution is 7.12. The minimum Gasteiger partial charge on any atom is -0.481 e. The zero-order valence-electron chi connectivity index (χ0n) is 7.75. The number of carboxylic acids is 1. The molecule has 0 saturated carbocycles. The van der Waals surface area contributed by atoms with Crippen LogP contribution < -0.4 is 0 Å². The highest BCUT2D eigenvalue weighted by Gasteiger charge is 2.03. The van der Waals surface area contributed by atoms with Crippen LogP contribution in [0.3, 0.4) is 0 Å². The van der Waals surface area contributed by atoms with Gasteiger partial charge in [0.15, 0.2) is 0 Å². The molecule has 0 spiro atoms. The first kappa shape index (κ1) is 10.3. The molecule has 1 heterocycles. The topological polar surface area (TPSA) is 37.3 Å². The number of aryl methyl sites for hydroxylation is 1. The Kier molecular flexibility index (Phi) is 3.96. The third-order valence-electron chi connectivity index (χ3n) is 1.82. The van der Waals surface area contributed by atoms with Gasteiger partial charge in [0.1, 0.15) is 0 Å². The summed E-state index contributed by atoms with van der Waals surface area (Å²) in [6.07, 6.45) is 3.62. The van der Waals surface area contributed by atoms with Crippen molar-refractivity contribution in [3.8, 4) is 0 Å². The van der Waals surface area contributed by atoms with E-state index in [1.165, 1.54) is 17.7 Å². The molecule has 0 saturated heterocycles. The molecule has 0 aromatic carbocycles. The lowest BCUT2D eigenvalue weighted by molar-refractivity contribution is -0.136. The highest BCUT2D eigenvalue weighted by Crippen LogP contribution is 2.18. The normalized spacial score (nSPS) is 10.2. The summed E-state index contributed by atoms with van der Waals surface area (Å²) in [6, 6.07) is 3.96. The predicted molar refractivity (Wildman–Crippen MR) is 54.3 cm³/mol. The van der Waals surface area contributed by atoms with Gasteiger partial charge in [-0.3, -0.25) is 4.79 Å². The fraction of sp³-hybridized carbons (Fsp3) is 0.500. The lowest BCUT2D eigenvalue weighted by Crippen LogP contribution is -1.96. The fourth-order valence-corrected chi connectivity index (χ4v) is 2.20. The van der Waals surface area contributed by atoms with Gasteiger partial charge < -0.3 is 5.11 Å². The number of carboxylic acid groups (broad SMARTS) is 1. The molecule has 0 aliphatic rings. The number of rotatable bonds is 5. The van der Waals surface area contributed by atoms with Crippen molar-refractivity contribution in [3.05, 3.63) is 21.9 Å². The lowest BCUT2D eigenvalue weighted by atomic mass is 10.2. The molecule has 0 aliphatic heterocycles. The van der Waals surface area contributed by atoms with Crippen molar-refractivity contribution in [2.45, 2.75) is 32.6 Å². The molecule has 2 nitrogen and oxygen atoms in total. The maximum atomic E-state index is 10.4. The molecular formula is C10H14O2S. The fourth-order valence-electron chi connectivity index (χ4n) is 1.15. The zero-order valence-corrected chi connectivity index (χ0v) is 8.56. The van der Waals surface area contributed by atoms with Crippen LogP contribution in [0.1, 0.15) is 29.5 Å². The first-order valence-corrected chi connectivity index (χ1v) is 5.33. The number of aliphatic carboxylic acids is 1. The van der Waals surface area contributed by atoms with Gasteiger partial charge in [-0.2, -0.15) is 0 Å². The minimum atomic E-state index is -0.746. The van der Waals surface area contributed by atoms with E-state index >= 15 is 0 Å². The largest absolute Gasteiger partial charge is 0.481 e. The van der Waals surface area contributed by atoms with Gasteiger partial charge in [0.2, 0.25) is 0 Å². The molecule has 0 atom stereocenters. The summed E-state index contributed by atoms with van der Waals surface area (Å²) in [4.78, 5) is 12.7. The Labute approximate surface area is 82.2 Å². The van der Waals surface area contributed by atoms with E-state index in [0.29, 0.717) is 0 Å². The summed E-state index contributed by atoms with van der Waals surface area (Å²) in [5.74, 6) is -0.746. The molecule has 1 aromatic heterocycles. The van der Waals surface area contributed by atoms with Crippen LogP contribution in [0.5, 0.6) is 0 Å². The number of thiophene rings is 1. The van der Waals surface area contributed by atoms with E-state index < -0.39 is 5.97 Å². The van der Waals surface area contributed by atoms with Crippen LogP contribution >= 0.6 is 11.3 Å². The van der Waals surface area contributed by atoms with E-state index in [1.54, 1.807) is 11.3 Å². The Morgan fingerprint density at radius 1 is 1.46 bits per heavy atom. The molecule has 3 heteroatoms. The summed E-state index contributed by atoms with van der Waals surface area (Å²) in [5, 5.41) is 8.56. The van der Waals surface area contributed by atoms with Gasteiger partial charge in [-0.15, -0.1) is 11.3 Å². The Balaban J connectivity index is 2.48. The molecule has 0 amide bonds. The molecule has 0 bridgehead atoms. The highest BCUT2D eigenvalue weighted by atomic mass is 32.1. The summed E-state index contributed by atoms with van der Waals surface area (Å²) >= 11 is 1.62. The van der Waals surface area contributed by atoms with Crippen molar-refractivity contribution >= 4 is 17.3 Å². The Morgan fingerprint density at radius 2 is 2.15 bits per heavy atom. The van der Waals surface area contributed by atoms with Gasteiger partial charge in [0.25, 0.3) is 0 Å². The second-order valence-electron chi connectivity index (χ2n) is 3.04. The summed E-state index contributed by atoms with van der Waals surface area (Å²) < 4.78 is 0. The summed E-state index contributed by atoms with van der Waals surface area (Å²) in [6.45, 7) is 2.16. The van der Waals surface area contributed by atoms with E-state index in [-0.39, 0.29) is 6.42 Å². The second-order valence-corrected chi connectivity index (χ2v) is 4.29. The summed E-state index contributed by atoms with van der Waals surface area (Å²) in [5.41, 5.74) is 0. The van der Waals surface area contributed by atoms with Crippen LogP contribution in [0, 0.1) is 0 Å². The van der Waals surface area contributed by atoms with Crippen LogP contribution in [0.25, 0.3) is 0 Å². The molecule has 0 radical (unpaired) electrons. The molecule has 13 heavy (non-hydrogen) atoms. The monoisotopic (exact) mass is 198 g/mol. The predicted octanol–water partition coefficient (Wildman–Crippen LogP) is 2.72. The summed E-state index contributed by atoms with van der Waals surface area (Å²) in [7, 11) is 0. The average Bonchev–Trinajstić information content (AvgIpc) is 2.48. The first-order valence-electron chi connectivity index (χ1n) is 4.51. The third kappa shape index (κ3) is 3.59. The van der Waals surface area contributed by atoms with E-state index in [1.807, 2.05) is 12.1 Å². The maximum Gasteiger partial charge on any atom is 0.308 e.